The molecule has 1 aliphatic heterocycles. The molecule has 0 radical (unpaired) electrons. The smallest absolute Gasteiger partial charge is 0.314 e. The molecular formula is C8H18ClN3O. The monoisotopic (exact) mass is 207 g/mol. The molecule has 1 atom stereocenters. The fraction of sp³-hybridized carbons (Fsp3) is 0.875. The van der Waals surface area contributed by atoms with Crippen LogP contribution in [0.3, 0.4) is 0 Å². The van der Waals surface area contributed by atoms with Crippen molar-refractivity contribution in [2.24, 2.45) is 5.92 Å². The molecule has 1 heterocycles. The Morgan fingerprint density at radius 1 is 1.62 bits per heavy atom. The van der Waals surface area contributed by atoms with Crippen LogP contribution in [0.1, 0.15) is 6.42 Å². The van der Waals surface area contributed by atoms with Gasteiger partial charge in [0.05, 0.1) is 0 Å². The summed E-state index contributed by atoms with van der Waals surface area (Å²) in [6, 6.07) is -0.0791. The fourth-order valence-corrected chi connectivity index (χ4v) is 1.52. The number of hydrogen-bond donors (Lipinski definition) is 2. The third-order valence-electron chi connectivity index (χ3n) is 2.27. The summed E-state index contributed by atoms with van der Waals surface area (Å²) in [6.07, 6.45) is 1.19. The summed E-state index contributed by atoms with van der Waals surface area (Å²) in [7, 11) is 3.75. The lowest BCUT2D eigenvalue weighted by Gasteiger charge is -2.10. The summed E-state index contributed by atoms with van der Waals surface area (Å²) in [6.45, 7) is 3.05. The van der Waals surface area contributed by atoms with Crippen LogP contribution in [0.25, 0.3) is 0 Å². The molecule has 1 saturated heterocycles. The average Bonchev–Trinajstić information content (AvgIpc) is 2.47. The van der Waals surface area contributed by atoms with Crippen molar-refractivity contribution in [3.63, 3.8) is 0 Å². The van der Waals surface area contributed by atoms with Crippen LogP contribution in [-0.2, 0) is 0 Å². The minimum Gasteiger partial charge on any atom is -0.341 e. The summed E-state index contributed by atoms with van der Waals surface area (Å²) >= 11 is 0. The largest absolute Gasteiger partial charge is 0.341 e. The molecule has 78 valence electrons. The molecule has 0 spiro atoms. The van der Waals surface area contributed by atoms with Crippen LogP contribution < -0.4 is 10.6 Å². The first-order valence-electron chi connectivity index (χ1n) is 4.36. The number of urea groups is 1. The van der Waals surface area contributed by atoms with Gasteiger partial charge < -0.3 is 15.5 Å². The molecule has 13 heavy (non-hydrogen) atoms. The minimum absolute atomic E-state index is 0. The van der Waals surface area contributed by atoms with E-state index in [-0.39, 0.29) is 18.4 Å². The highest BCUT2D eigenvalue weighted by Gasteiger charge is 2.19. The second kappa shape index (κ2) is 6.05. The number of carbonyl (C=O) groups excluding carboxylic acids is 1. The van der Waals surface area contributed by atoms with E-state index in [1.165, 1.54) is 6.42 Å². The van der Waals surface area contributed by atoms with E-state index in [1.54, 1.807) is 7.05 Å². The number of halogens is 1. The number of nitrogens with one attached hydrogen (secondary N) is 2. The van der Waals surface area contributed by atoms with Gasteiger partial charge in [-0.25, -0.2) is 4.79 Å². The van der Waals surface area contributed by atoms with Crippen LogP contribution in [0, 0.1) is 5.92 Å². The number of likely N-dealkylation sites (tertiary alicyclic amines) is 1. The predicted octanol–water partition coefficient (Wildman–Crippen LogP) is 0.289. The topological polar surface area (TPSA) is 44.4 Å². The van der Waals surface area contributed by atoms with Crippen molar-refractivity contribution in [3.05, 3.63) is 0 Å². The zero-order chi connectivity index (χ0) is 8.97. The lowest BCUT2D eigenvalue weighted by atomic mass is 10.1. The molecule has 1 rings (SSSR count). The van der Waals surface area contributed by atoms with Gasteiger partial charge in [0.25, 0.3) is 0 Å². The number of amides is 2. The van der Waals surface area contributed by atoms with E-state index >= 15 is 0 Å². The Labute approximate surface area is 85.5 Å². The van der Waals surface area contributed by atoms with E-state index in [4.69, 9.17) is 0 Å². The molecule has 1 unspecified atom stereocenters. The van der Waals surface area contributed by atoms with E-state index in [9.17, 15) is 4.79 Å². The van der Waals surface area contributed by atoms with Crippen molar-refractivity contribution >= 4 is 18.4 Å². The number of nitrogens with zero attached hydrogens (tertiary/aromatic N) is 1. The van der Waals surface area contributed by atoms with Crippen LogP contribution in [0.15, 0.2) is 0 Å². The van der Waals surface area contributed by atoms with Crippen molar-refractivity contribution in [1.82, 2.24) is 15.5 Å². The van der Waals surface area contributed by atoms with Crippen molar-refractivity contribution < 1.29 is 4.79 Å². The zero-order valence-electron chi connectivity index (χ0n) is 8.17. The Morgan fingerprint density at radius 3 is 2.77 bits per heavy atom. The number of rotatable bonds is 2. The standard InChI is InChI=1S/C8H17N3O.ClH/c1-9-8(12)10-5-7-3-4-11(2)6-7;/h7H,3-6H2,1-2H3,(H2,9,10,12);1H. The van der Waals surface area contributed by atoms with Crippen molar-refractivity contribution in [3.8, 4) is 0 Å². The summed E-state index contributed by atoms with van der Waals surface area (Å²) < 4.78 is 0. The quantitative estimate of drug-likeness (QED) is 0.684. The lowest BCUT2D eigenvalue weighted by Crippen LogP contribution is -2.36. The van der Waals surface area contributed by atoms with Gasteiger partial charge in [0.1, 0.15) is 0 Å². The molecule has 0 aromatic heterocycles. The normalized spacial score (nSPS) is 22.2. The highest BCUT2D eigenvalue weighted by molar-refractivity contribution is 5.85. The van der Waals surface area contributed by atoms with Crippen molar-refractivity contribution in [2.45, 2.75) is 6.42 Å². The molecule has 0 aromatic carbocycles. The summed E-state index contributed by atoms with van der Waals surface area (Å²) in [5.74, 6) is 0.632. The molecule has 0 bridgehead atoms. The van der Waals surface area contributed by atoms with Crippen LogP contribution in [-0.4, -0.2) is 44.7 Å². The molecule has 0 saturated carbocycles. The van der Waals surface area contributed by atoms with E-state index in [1.807, 2.05) is 0 Å². The Kier molecular flexibility index (Phi) is 5.82. The molecule has 1 aliphatic rings. The van der Waals surface area contributed by atoms with Gasteiger partial charge in [0.2, 0.25) is 0 Å². The molecule has 1 fully saturated rings. The minimum atomic E-state index is -0.0791. The Morgan fingerprint density at radius 2 is 2.31 bits per heavy atom. The van der Waals surface area contributed by atoms with Crippen LogP contribution in [0.5, 0.6) is 0 Å². The van der Waals surface area contributed by atoms with Gasteiger partial charge in [0.15, 0.2) is 0 Å². The lowest BCUT2D eigenvalue weighted by molar-refractivity contribution is 0.241. The zero-order valence-corrected chi connectivity index (χ0v) is 8.99. The van der Waals surface area contributed by atoms with Gasteiger partial charge in [-0.05, 0) is 25.9 Å². The fourth-order valence-electron chi connectivity index (χ4n) is 1.52. The molecular weight excluding hydrogens is 190 g/mol. The van der Waals surface area contributed by atoms with Gasteiger partial charge in [-0.2, -0.15) is 0 Å². The average molecular weight is 208 g/mol. The molecule has 4 nitrogen and oxygen atoms in total. The Bertz CT molecular complexity index is 165. The number of hydrogen-bond acceptors (Lipinski definition) is 2. The number of carbonyl (C=O) groups is 1. The predicted molar refractivity (Wildman–Crippen MR) is 55.3 cm³/mol. The first kappa shape index (κ1) is 12.5. The SMILES string of the molecule is CNC(=O)NCC1CCN(C)C1.Cl. The Hall–Kier alpha value is -0.480. The van der Waals surface area contributed by atoms with Gasteiger partial charge in [-0.1, -0.05) is 0 Å². The molecule has 0 aliphatic carbocycles. The van der Waals surface area contributed by atoms with Crippen LogP contribution in [0.4, 0.5) is 4.79 Å². The second-order valence-corrected chi connectivity index (χ2v) is 3.38. The molecule has 0 aromatic rings. The van der Waals surface area contributed by atoms with Gasteiger partial charge in [0, 0.05) is 20.1 Å². The van der Waals surface area contributed by atoms with E-state index in [0.717, 1.165) is 19.6 Å². The van der Waals surface area contributed by atoms with Gasteiger partial charge >= 0.3 is 6.03 Å². The van der Waals surface area contributed by atoms with E-state index < -0.39 is 0 Å². The maximum absolute atomic E-state index is 10.8. The maximum atomic E-state index is 10.8. The first-order chi connectivity index (χ1) is 5.72. The third kappa shape index (κ3) is 4.33. The van der Waals surface area contributed by atoms with Gasteiger partial charge in [-0.15, -0.1) is 12.4 Å². The highest BCUT2D eigenvalue weighted by atomic mass is 35.5. The highest BCUT2D eigenvalue weighted by Crippen LogP contribution is 2.12. The van der Waals surface area contributed by atoms with E-state index in [2.05, 4.69) is 22.6 Å². The molecule has 2 amide bonds. The third-order valence-corrected chi connectivity index (χ3v) is 2.27. The van der Waals surface area contributed by atoms with Crippen molar-refractivity contribution in [2.75, 3.05) is 33.7 Å². The Balaban J connectivity index is 0.00000144. The van der Waals surface area contributed by atoms with E-state index in [0.29, 0.717) is 5.92 Å². The molecule has 5 heteroatoms. The van der Waals surface area contributed by atoms with Crippen LogP contribution >= 0.6 is 12.4 Å². The molecule has 2 N–H and O–H groups in total. The maximum Gasteiger partial charge on any atom is 0.314 e. The summed E-state index contributed by atoms with van der Waals surface area (Å²) in [4.78, 5) is 13.1. The second-order valence-electron chi connectivity index (χ2n) is 3.38. The summed E-state index contributed by atoms with van der Waals surface area (Å²) in [5, 5.41) is 5.35. The van der Waals surface area contributed by atoms with Gasteiger partial charge in [-0.3, -0.25) is 0 Å². The summed E-state index contributed by atoms with van der Waals surface area (Å²) in [5.41, 5.74) is 0. The van der Waals surface area contributed by atoms with Crippen molar-refractivity contribution in [1.29, 1.82) is 0 Å². The van der Waals surface area contributed by atoms with Crippen LogP contribution in [0.2, 0.25) is 0 Å². The first-order valence-corrected chi connectivity index (χ1v) is 4.36.